The molecule has 0 unspecified atom stereocenters. The highest BCUT2D eigenvalue weighted by atomic mass is 16.5. The van der Waals surface area contributed by atoms with Crippen LogP contribution in [-0.4, -0.2) is 25.1 Å². The molecule has 2 aromatic carbocycles. The largest absolute Gasteiger partial charge is 0.494 e. The van der Waals surface area contributed by atoms with E-state index in [1.807, 2.05) is 13.0 Å². The van der Waals surface area contributed by atoms with Crippen LogP contribution in [0.5, 0.6) is 5.75 Å². The molecule has 0 spiro atoms. The summed E-state index contributed by atoms with van der Waals surface area (Å²) in [6.45, 7) is 2.20. The standard InChI is InChI=1S/C21H23NO4/c1-2-25-19-10-8-18(9-11-19)22-20(23)14-26-21(24)13-15-6-7-16-4-3-5-17(16)12-15/h6-12H,2-5,13-14H2,1H3,(H,22,23). The number of fused-ring (bicyclic) bond motifs is 1. The Kier molecular flexibility index (Phi) is 5.89. The van der Waals surface area contributed by atoms with Crippen LogP contribution in [0.3, 0.4) is 0 Å². The van der Waals surface area contributed by atoms with Crippen molar-refractivity contribution in [1.29, 1.82) is 0 Å². The minimum Gasteiger partial charge on any atom is -0.494 e. The summed E-state index contributed by atoms with van der Waals surface area (Å²) in [7, 11) is 0. The lowest BCUT2D eigenvalue weighted by Crippen LogP contribution is -2.21. The van der Waals surface area contributed by atoms with E-state index in [4.69, 9.17) is 9.47 Å². The molecule has 1 amide bonds. The summed E-state index contributed by atoms with van der Waals surface area (Å²) in [6, 6.07) is 13.2. The highest BCUT2D eigenvalue weighted by molar-refractivity contribution is 5.92. The molecule has 26 heavy (non-hydrogen) atoms. The SMILES string of the molecule is CCOc1ccc(NC(=O)COC(=O)Cc2ccc3c(c2)CCC3)cc1. The smallest absolute Gasteiger partial charge is 0.310 e. The van der Waals surface area contributed by atoms with Gasteiger partial charge in [-0.2, -0.15) is 0 Å². The van der Waals surface area contributed by atoms with Gasteiger partial charge in [0, 0.05) is 5.69 Å². The molecule has 0 bridgehead atoms. The Hall–Kier alpha value is -2.82. The third-order valence-corrected chi connectivity index (χ3v) is 4.32. The number of hydrogen-bond donors (Lipinski definition) is 1. The van der Waals surface area contributed by atoms with Gasteiger partial charge in [-0.15, -0.1) is 0 Å². The molecule has 0 saturated heterocycles. The molecule has 1 N–H and O–H groups in total. The molecule has 0 heterocycles. The van der Waals surface area contributed by atoms with E-state index >= 15 is 0 Å². The number of anilines is 1. The van der Waals surface area contributed by atoms with Crippen LogP contribution in [0.25, 0.3) is 0 Å². The van der Waals surface area contributed by atoms with E-state index in [0.29, 0.717) is 12.3 Å². The molecule has 0 aliphatic heterocycles. The predicted molar refractivity (Wildman–Crippen MR) is 99.4 cm³/mol. The van der Waals surface area contributed by atoms with Crippen molar-refractivity contribution in [3.8, 4) is 5.75 Å². The Morgan fingerprint density at radius 3 is 2.58 bits per heavy atom. The van der Waals surface area contributed by atoms with Crippen molar-refractivity contribution in [1.82, 2.24) is 0 Å². The first-order chi connectivity index (χ1) is 12.6. The molecule has 1 aliphatic carbocycles. The fourth-order valence-electron chi connectivity index (χ4n) is 3.10. The fraction of sp³-hybridized carbons (Fsp3) is 0.333. The summed E-state index contributed by atoms with van der Waals surface area (Å²) >= 11 is 0. The Balaban J connectivity index is 1.44. The van der Waals surface area contributed by atoms with Crippen molar-refractivity contribution in [2.45, 2.75) is 32.6 Å². The maximum atomic E-state index is 12.0. The average molecular weight is 353 g/mol. The highest BCUT2D eigenvalue weighted by Gasteiger charge is 2.13. The van der Waals surface area contributed by atoms with Crippen LogP contribution in [0.2, 0.25) is 0 Å². The lowest BCUT2D eigenvalue weighted by Gasteiger charge is -2.08. The number of benzene rings is 2. The Bertz CT molecular complexity index is 783. The summed E-state index contributed by atoms with van der Waals surface area (Å²) in [6.07, 6.45) is 3.55. The zero-order valence-electron chi connectivity index (χ0n) is 14.9. The number of carbonyl (C=O) groups excluding carboxylic acids is 2. The van der Waals surface area contributed by atoms with Crippen molar-refractivity contribution >= 4 is 17.6 Å². The number of esters is 1. The molecule has 2 aromatic rings. The van der Waals surface area contributed by atoms with Gasteiger partial charge in [0.15, 0.2) is 6.61 Å². The second-order valence-corrected chi connectivity index (χ2v) is 6.30. The van der Waals surface area contributed by atoms with Gasteiger partial charge in [0.25, 0.3) is 5.91 Å². The Morgan fingerprint density at radius 1 is 1.04 bits per heavy atom. The minimum atomic E-state index is -0.398. The van der Waals surface area contributed by atoms with E-state index in [2.05, 4.69) is 17.4 Å². The molecule has 3 rings (SSSR count). The molecule has 0 atom stereocenters. The molecule has 0 aromatic heterocycles. The molecule has 0 radical (unpaired) electrons. The zero-order valence-corrected chi connectivity index (χ0v) is 14.9. The van der Waals surface area contributed by atoms with Crippen molar-refractivity contribution in [3.05, 3.63) is 59.2 Å². The van der Waals surface area contributed by atoms with E-state index in [1.165, 1.54) is 17.5 Å². The van der Waals surface area contributed by atoms with Crippen molar-refractivity contribution in [2.75, 3.05) is 18.5 Å². The molecule has 5 heteroatoms. The number of nitrogens with one attached hydrogen (secondary N) is 1. The van der Waals surface area contributed by atoms with Gasteiger partial charge in [0.05, 0.1) is 13.0 Å². The van der Waals surface area contributed by atoms with Crippen molar-refractivity contribution in [3.63, 3.8) is 0 Å². The highest BCUT2D eigenvalue weighted by Crippen LogP contribution is 2.23. The number of carbonyl (C=O) groups is 2. The number of ether oxygens (including phenoxy) is 2. The molecular formula is C21H23NO4. The molecule has 5 nitrogen and oxygen atoms in total. The fourth-order valence-corrected chi connectivity index (χ4v) is 3.10. The molecule has 0 saturated carbocycles. The van der Waals surface area contributed by atoms with Crippen LogP contribution >= 0.6 is 0 Å². The van der Waals surface area contributed by atoms with Crippen LogP contribution in [0.15, 0.2) is 42.5 Å². The van der Waals surface area contributed by atoms with Crippen LogP contribution in [0.4, 0.5) is 5.69 Å². The molecule has 1 aliphatic rings. The summed E-state index contributed by atoms with van der Waals surface area (Å²) < 4.78 is 10.4. The first kappa shape index (κ1) is 18.0. The predicted octanol–water partition coefficient (Wildman–Crippen LogP) is 3.30. The van der Waals surface area contributed by atoms with Gasteiger partial charge < -0.3 is 14.8 Å². The number of rotatable bonds is 7. The van der Waals surface area contributed by atoms with E-state index in [0.717, 1.165) is 24.2 Å². The van der Waals surface area contributed by atoms with E-state index in [9.17, 15) is 9.59 Å². The van der Waals surface area contributed by atoms with Gasteiger partial charge in [-0.05, 0) is 67.1 Å². The normalized spacial score (nSPS) is 12.3. The Labute approximate surface area is 153 Å². The second-order valence-electron chi connectivity index (χ2n) is 6.30. The average Bonchev–Trinajstić information content (AvgIpc) is 3.10. The first-order valence-corrected chi connectivity index (χ1v) is 8.93. The van der Waals surface area contributed by atoms with Crippen molar-refractivity contribution in [2.24, 2.45) is 0 Å². The monoisotopic (exact) mass is 353 g/mol. The third kappa shape index (κ3) is 4.85. The molecular weight excluding hydrogens is 330 g/mol. The van der Waals surface area contributed by atoms with Crippen LogP contribution < -0.4 is 10.1 Å². The van der Waals surface area contributed by atoms with Gasteiger partial charge in [0.1, 0.15) is 5.75 Å². The van der Waals surface area contributed by atoms with Crippen LogP contribution in [-0.2, 0) is 33.6 Å². The quantitative estimate of drug-likeness (QED) is 0.776. The topological polar surface area (TPSA) is 64.6 Å². The number of aryl methyl sites for hydroxylation is 2. The summed E-state index contributed by atoms with van der Waals surface area (Å²) in [5.41, 5.74) is 4.26. The van der Waals surface area contributed by atoms with E-state index < -0.39 is 5.97 Å². The van der Waals surface area contributed by atoms with Gasteiger partial charge in [-0.3, -0.25) is 9.59 Å². The van der Waals surface area contributed by atoms with Gasteiger partial charge in [0.2, 0.25) is 0 Å². The minimum absolute atomic E-state index is 0.184. The van der Waals surface area contributed by atoms with E-state index in [-0.39, 0.29) is 18.9 Å². The lowest BCUT2D eigenvalue weighted by atomic mass is 10.0. The second kappa shape index (κ2) is 8.52. The van der Waals surface area contributed by atoms with Crippen LogP contribution in [0, 0.1) is 0 Å². The van der Waals surface area contributed by atoms with Crippen LogP contribution in [0.1, 0.15) is 30.0 Å². The van der Waals surface area contributed by atoms with Gasteiger partial charge in [-0.25, -0.2) is 0 Å². The van der Waals surface area contributed by atoms with Crippen molar-refractivity contribution < 1.29 is 19.1 Å². The first-order valence-electron chi connectivity index (χ1n) is 8.93. The summed E-state index contributed by atoms with van der Waals surface area (Å²) in [4.78, 5) is 23.9. The summed E-state index contributed by atoms with van der Waals surface area (Å²) in [5, 5.41) is 2.69. The maximum absolute atomic E-state index is 12.0. The Morgan fingerprint density at radius 2 is 1.81 bits per heavy atom. The lowest BCUT2D eigenvalue weighted by molar-refractivity contribution is -0.146. The number of amides is 1. The summed E-state index contributed by atoms with van der Waals surface area (Å²) in [5.74, 6) is -0.0208. The van der Waals surface area contributed by atoms with Gasteiger partial charge in [-0.1, -0.05) is 18.2 Å². The van der Waals surface area contributed by atoms with E-state index in [1.54, 1.807) is 24.3 Å². The maximum Gasteiger partial charge on any atom is 0.310 e. The number of hydrogen-bond acceptors (Lipinski definition) is 4. The zero-order chi connectivity index (χ0) is 18.4. The molecule has 0 fully saturated rings. The third-order valence-electron chi connectivity index (χ3n) is 4.32. The molecule has 136 valence electrons. The van der Waals surface area contributed by atoms with Gasteiger partial charge >= 0.3 is 5.97 Å².